The summed E-state index contributed by atoms with van der Waals surface area (Å²) in [6, 6.07) is -0.0598. The molecule has 1 fully saturated rings. The van der Waals surface area contributed by atoms with Crippen LogP contribution in [0.5, 0.6) is 0 Å². The molecule has 0 saturated carbocycles. The molecular formula is C9H16ClNO2S. The smallest absolute Gasteiger partial charge is 0.233 e. The van der Waals surface area contributed by atoms with Crippen molar-refractivity contribution in [2.45, 2.75) is 24.1 Å². The Balaban J connectivity index is 2.29. The third kappa shape index (κ3) is 3.67. The Morgan fingerprint density at radius 2 is 2.57 bits per heavy atom. The lowest BCUT2D eigenvalue weighted by Crippen LogP contribution is -2.43. The van der Waals surface area contributed by atoms with Crippen molar-refractivity contribution >= 4 is 29.3 Å². The molecule has 0 bridgehead atoms. The molecule has 2 atom stereocenters. The summed E-state index contributed by atoms with van der Waals surface area (Å²) in [7, 11) is 1.61. The molecule has 0 aromatic rings. The van der Waals surface area contributed by atoms with E-state index in [1.165, 1.54) is 0 Å². The summed E-state index contributed by atoms with van der Waals surface area (Å²) in [5.74, 6) is 1.60. The number of carbonyl (C=O) groups is 1. The fourth-order valence-electron chi connectivity index (χ4n) is 1.40. The first-order valence-electron chi connectivity index (χ1n) is 4.74. The van der Waals surface area contributed by atoms with Gasteiger partial charge in [-0.2, -0.15) is 0 Å². The second kappa shape index (κ2) is 6.53. The van der Waals surface area contributed by atoms with Crippen molar-refractivity contribution in [3.05, 3.63) is 0 Å². The number of methoxy groups -OCH3 is 1. The molecule has 2 unspecified atom stereocenters. The maximum absolute atomic E-state index is 11.6. The third-order valence-corrected chi connectivity index (χ3v) is 3.87. The maximum atomic E-state index is 11.6. The standard InChI is InChI=1S/C9H16ClNO2S/c1-13-6-7(5-10)11-9(12)8-3-2-4-14-8/h7-8H,2-6H2,1H3,(H,11,12). The van der Waals surface area contributed by atoms with Gasteiger partial charge in [-0.1, -0.05) is 0 Å². The highest BCUT2D eigenvalue weighted by molar-refractivity contribution is 8.00. The first-order valence-corrected chi connectivity index (χ1v) is 6.33. The van der Waals surface area contributed by atoms with Crippen LogP contribution in [0.2, 0.25) is 0 Å². The fraction of sp³-hybridized carbons (Fsp3) is 0.889. The molecule has 1 heterocycles. The molecule has 14 heavy (non-hydrogen) atoms. The Kier molecular flexibility index (Phi) is 5.67. The van der Waals surface area contributed by atoms with Gasteiger partial charge >= 0.3 is 0 Å². The monoisotopic (exact) mass is 237 g/mol. The van der Waals surface area contributed by atoms with Crippen molar-refractivity contribution in [1.82, 2.24) is 5.32 Å². The van der Waals surface area contributed by atoms with Crippen LogP contribution in [0, 0.1) is 0 Å². The predicted molar refractivity (Wildman–Crippen MR) is 60.0 cm³/mol. The van der Waals surface area contributed by atoms with Crippen molar-refractivity contribution < 1.29 is 9.53 Å². The summed E-state index contributed by atoms with van der Waals surface area (Å²) < 4.78 is 4.95. The van der Waals surface area contributed by atoms with E-state index in [0.29, 0.717) is 12.5 Å². The van der Waals surface area contributed by atoms with Crippen LogP contribution < -0.4 is 5.32 Å². The van der Waals surface area contributed by atoms with Crippen molar-refractivity contribution in [1.29, 1.82) is 0 Å². The minimum atomic E-state index is -0.0598. The zero-order chi connectivity index (χ0) is 10.4. The van der Waals surface area contributed by atoms with Gasteiger partial charge in [-0.3, -0.25) is 4.79 Å². The van der Waals surface area contributed by atoms with E-state index in [1.807, 2.05) is 0 Å². The zero-order valence-corrected chi connectivity index (χ0v) is 9.87. The summed E-state index contributed by atoms with van der Waals surface area (Å²) in [4.78, 5) is 11.6. The number of nitrogens with one attached hydrogen (secondary N) is 1. The van der Waals surface area contributed by atoms with Crippen LogP contribution in [0.15, 0.2) is 0 Å². The number of rotatable bonds is 5. The Hall–Kier alpha value is 0.0700. The number of halogens is 1. The van der Waals surface area contributed by atoms with E-state index in [4.69, 9.17) is 16.3 Å². The largest absolute Gasteiger partial charge is 0.383 e. The molecule has 0 spiro atoms. The van der Waals surface area contributed by atoms with Crippen LogP contribution in [-0.2, 0) is 9.53 Å². The second-order valence-electron chi connectivity index (χ2n) is 3.32. The maximum Gasteiger partial charge on any atom is 0.233 e. The third-order valence-electron chi connectivity index (χ3n) is 2.12. The van der Waals surface area contributed by atoms with Gasteiger partial charge in [0.1, 0.15) is 0 Å². The molecule has 1 aliphatic heterocycles. The van der Waals surface area contributed by atoms with Gasteiger partial charge in [0.2, 0.25) is 5.91 Å². The minimum Gasteiger partial charge on any atom is -0.383 e. The fourth-order valence-corrected chi connectivity index (χ4v) is 2.74. The number of ether oxygens (including phenoxy) is 1. The molecule has 3 nitrogen and oxygen atoms in total. The number of hydrogen-bond acceptors (Lipinski definition) is 3. The van der Waals surface area contributed by atoms with Crippen molar-refractivity contribution in [3.8, 4) is 0 Å². The summed E-state index contributed by atoms with van der Waals surface area (Å²) in [6.07, 6.45) is 2.12. The highest BCUT2D eigenvalue weighted by atomic mass is 35.5. The molecule has 1 amide bonds. The quantitative estimate of drug-likeness (QED) is 0.732. The minimum absolute atomic E-state index is 0.0598. The topological polar surface area (TPSA) is 38.3 Å². The molecule has 0 aromatic heterocycles. The van der Waals surface area contributed by atoms with Crippen LogP contribution in [0.25, 0.3) is 0 Å². The zero-order valence-electron chi connectivity index (χ0n) is 8.29. The average Bonchev–Trinajstić information content (AvgIpc) is 2.69. The van der Waals surface area contributed by atoms with Crippen LogP contribution in [0.4, 0.5) is 0 Å². The van der Waals surface area contributed by atoms with E-state index in [0.717, 1.165) is 18.6 Å². The number of amides is 1. The molecule has 82 valence electrons. The second-order valence-corrected chi connectivity index (χ2v) is 4.94. The number of carbonyl (C=O) groups excluding carboxylic acids is 1. The molecule has 0 aliphatic carbocycles. The lowest BCUT2D eigenvalue weighted by Gasteiger charge is -2.17. The lowest BCUT2D eigenvalue weighted by molar-refractivity contribution is -0.121. The van der Waals surface area contributed by atoms with Crippen LogP contribution >= 0.6 is 23.4 Å². The van der Waals surface area contributed by atoms with Gasteiger partial charge in [-0.25, -0.2) is 0 Å². The first-order chi connectivity index (χ1) is 6.77. The molecule has 1 saturated heterocycles. The van der Waals surface area contributed by atoms with E-state index in [1.54, 1.807) is 18.9 Å². The Bertz CT molecular complexity index is 186. The van der Waals surface area contributed by atoms with Crippen LogP contribution in [0.1, 0.15) is 12.8 Å². The highest BCUT2D eigenvalue weighted by Gasteiger charge is 2.24. The van der Waals surface area contributed by atoms with Gasteiger partial charge < -0.3 is 10.1 Å². The van der Waals surface area contributed by atoms with E-state index in [-0.39, 0.29) is 17.2 Å². The molecule has 1 aliphatic rings. The molecule has 1 N–H and O–H groups in total. The molecule has 0 aromatic carbocycles. The summed E-state index contributed by atoms with van der Waals surface area (Å²) in [6.45, 7) is 0.479. The van der Waals surface area contributed by atoms with Crippen molar-refractivity contribution in [2.75, 3.05) is 25.3 Å². The predicted octanol–water partition coefficient (Wildman–Crippen LogP) is 1.25. The lowest BCUT2D eigenvalue weighted by atomic mass is 10.2. The summed E-state index contributed by atoms with van der Waals surface area (Å²) in [5, 5.41) is 3.02. The number of thioether (sulfide) groups is 1. The Morgan fingerprint density at radius 3 is 3.07 bits per heavy atom. The number of hydrogen-bond donors (Lipinski definition) is 1. The first kappa shape index (κ1) is 12.1. The Morgan fingerprint density at radius 1 is 1.79 bits per heavy atom. The average molecular weight is 238 g/mol. The molecule has 5 heteroatoms. The molecule has 1 rings (SSSR count). The molecular weight excluding hydrogens is 222 g/mol. The van der Waals surface area contributed by atoms with E-state index in [9.17, 15) is 4.79 Å². The van der Waals surface area contributed by atoms with E-state index in [2.05, 4.69) is 5.32 Å². The van der Waals surface area contributed by atoms with E-state index < -0.39 is 0 Å². The highest BCUT2D eigenvalue weighted by Crippen LogP contribution is 2.26. The van der Waals surface area contributed by atoms with Crippen LogP contribution in [-0.4, -0.2) is 42.5 Å². The van der Waals surface area contributed by atoms with E-state index >= 15 is 0 Å². The SMILES string of the molecule is COCC(CCl)NC(=O)C1CCCS1. The van der Waals surface area contributed by atoms with Gasteiger partial charge in [0.05, 0.1) is 17.9 Å². The normalized spacial score (nSPS) is 23.4. The van der Waals surface area contributed by atoms with Crippen molar-refractivity contribution in [3.63, 3.8) is 0 Å². The van der Waals surface area contributed by atoms with Gasteiger partial charge in [0.15, 0.2) is 0 Å². The van der Waals surface area contributed by atoms with Gasteiger partial charge in [0.25, 0.3) is 0 Å². The summed E-state index contributed by atoms with van der Waals surface area (Å²) in [5.41, 5.74) is 0. The van der Waals surface area contributed by atoms with Gasteiger partial charge in [-0.15, -0.1) is 23.4 Å². The Labute approximate surface area is 93.9 Å². The van der Waals surface area contributed by atoms with Crippen LogP contribution in [0.3, 0.4) is 0 Å². The van der Waals surface area contributed by atoms with Crippen molar-refractivity contribution in [2.24, 2.45) is 0 Å². The summed E-state index contributed by atoms with van der Waals surface area (Å²) >= 11 is 7.42. The number of alkyl halides is 1. The van der Waals surface area contributed by atoms with Gasteiger partial charge in [0, 0.05) is 13.0 Å². The van der Waals surface area contributed by atoms with Gasteiger partial charge in [-0.05, 0) is 18.6 Å². The molecule has 0 radical (unpaired) electrons.